The number of ether oxygens (including phenoxy) is 1. The molecule has 7 nitrogen and oxygen atoms in total. The van der Waals surface area contributed by atoms with E-state index in [-0.39, 0.29) is 17.9 Å². The molecule has 2 atom stereocenters. The minimum atomic E-state index is -0.624. The van der Waals surface area contributed by atoms with Crippen LogP contribution in [0.25, 0.3) is 11.3 Å². The van der Waals surface area contributed by atoms with Crippen LogP contribution in [0.5, 0.6) is 0 Å². The maximum absolute atomic E-state index is 13.1. The summed E-state index contributed by atoms with van der Waals surface area (Å²) < 4.78 is 4.67. The van der Waals surface area contributed by atoms with Crippen molar-refractivity contribution in [2.75, 3.05) is 13.7 Å². The number of methoxy groups -OCH3 is 1. The zero-order valence-electron chi connectivity index (χ0n) is 15.9. The molecule has 0 bridgehead atoms. The van der Waals surface area contributed by atoms with Crippen molar-refractivity contribution in [2.45, 2.75) is 38.8 Å². The second-order valence-corrected chi connectivity index (χ2v) is 7.10. The van der Waals surface area contributed by atoms with E-state index in [9.17, 15) is 9.59 Å². The van der Waals surface area contributed by atoms with Crippen molar-refractivity contribution in [3.8, 4) is 11.3 Å². The van der Waals surface area contributed by atoms with E-state index in [1.165, 1.54) is 7.11 Å². The third-order valence-corrected chi connectivity index (χ3v) is 4.92. The Bertz CT molecular complexity index is 788. The molecule has 3 rings (SSSR count). The van der Waals surface area contributed by atoms with Gasteiger partial charge in [-0.2, -0.15) is 0 Å². The number of aromatic amines is 1. The van der Waals surface area contributed by atoms with Crippen LogP contribution in [-0.4, -0.2) is 46.6 Å². The Morgan fingerprint density at radius 1 is 1.30 bits per heavy atom. The lowest BCUT2D eigenvalue weighted by Crippen LogP contribution is -2.51. The van der Waals surface area contributed by atoms with Gasteiger partial charge in [-0.1, -0.05) is 44.2 Å². The highest BCUT2D eigenvalue weighted by atomic mass is 16.5. The van der Waals surface area contributed by atoms with Crippen molar-refractivity contribution in [3.63, 3.8) is 0 Å². The Kier molecular flexibility index (Phi) is 5.78. The standard InChI is InChI=1S/C20H26N4O3/c1-13(2)17(23-20(26)27-3)19(25)24-11-7-10-16(24)18-21-12-15(22-18)14-8-5-4-6-9-14/h4-6,8-9,12-13,16-17H,7,10-11H2,1-3H3,(H,21,22)(H,23,26)/t16-,17-/m1/s1. The van der Waals surface area contributed by atoms with E-state index in [1.54, 1.807) is 6.20 Å². The van der Waals surface area contributed by atoms with Gasteiger partial charge in [-0.25, -0.2) is 9.78 Å². The Labute approximate surface area is 159 Å². The van der Waals surface area contributed by atoms with E-state index >= 15 is 0 Å². The Morgan fingerprint density at radius 3 is 2.70 bits per heavy atom. The Balaban J connectivity index is 1.79. The van der Waals surface area contributed by atoms with E-state index in [2.05, 4.69) is 20.0 Å². The molecule has 7 heteroatoms. The van der Waals surface area contributed by atoms with Crippen LogP contribution in [0.15, 0.2) is 36.5 Å². The highest BCUT2D eigenvalue weighted by molar-refractivity contribution is 5.86. The van der Waals surface area contributed by atoms with Gasteiger partial charge in [-0.3, -0.25) is 4.79 Å². The number of rotatable bonds is 5. The van der Waals surface area contributed by atoms with Gasteiger partial charge < -0.3 is 19.9 Å². The van der Waals surface area contributed by atoms with Crippen LogP contribution in [0.4, 0.5) is 4.79 Å². The molecule has 1 fully saturated rings. The monoisotopic (exact) mass is 370 g/mol. The fourth-order valence-corrected chi connectivity index (χ4v) is 3.46. The van der Waals surface area contributed by atoms with Crippen LogP contribution in [0, 0.1) is 5.92 Å². The first-order valence-electron chi connectivity index (χ1n) is 9.26. The first-order valence-corrected chi connectivity index (χ1v) is 9.26. The summed E-state index contributed by atoms with van der Waals surface area (Å²) >= 11 is 0. The lowest BCUT2D eigenvalue weighted by atomic mass is 10.0. The average molecular weight is 370 g/mol. The second kappa shape index (κ2) is 8.24. The molecule has 0 aliphatic carbocycles. The fourth-order valence-electron chi connectivity index (χ4n) is 3.46. The molecule has 0 spiro atoms. The molecule has 2 amide bonds. The van der Waals surface area contributed by atoms with Crippen molar-refractivity contribution in [2.24, 2.45) is 5.92 Å². The third kappa shape index (κ3) is 4.13. The first-order chi connectivity index (χ1) is 13.0. The molecular formula is C20H26N4O3. The van der Waals surface area contributed by atoms with Crippen molar-refractivity contribution in [1.29, 1.82) is 0 Å². The number of alkyl carbamates (subject to hydrolysis) is 1. The number of imidazole rings is 1. The van der Waals surface area contributed by atoms with Gasteiger partial charge in [-0.05, 0) is 24.3 Å². The largest absolute Gasteiger partial charge is 0.453 e. The van der Waals surface area contributed by atoms with Crippen molar-refractivity contribution < 1.29 is 14.3 Å². The molecule has 1 aromatic heterocycles. The van der Waals surface area contributed by atoms with E-state index in [0.29, 0.717) is 6.54 Å². The number of aromatic nitrogens is 2. The highest BCUT2D eigenvalue weighted by Crippen LogP contribution is 2.32. The molecule has 1 aliphatic rings. The number of carbonyl (C=O) groups is 2. The molecular weight excluding hydrogens is 344 g/mol. The molecule has 1 aromatic carbocycles. The lowest BCUT2D eigenvalue weighted by molar-refractivity contribution is -0.135. The number of hydrogen-bond acceptors (Lipinski definition) is 4. The number of hydrogen-bond donors (Lipinski definition) is 2. The Hall–Kier alpha value is -2.83. The summed E-state index contributed by atoms with van der Waals surface area (Å²) in [7, 11) is 1.30. The number of nitrogens with one attached hydrogen (secondary N) is 2. The molecule has 1 aliphatic heterocycles. The zero-order chi connectivity index (χ0) is 19.4. The number of nitrogens with zero attached hydrogens (tertiary/aromatic N) is 2. The summed E-state index contributed by atoms with van der Waals surface area (Å²) in [5, 5.41) is 2.66. The summed E-state index contributed by atoms with van der Waals surface area (Å²) in [4.78, 5) is 34.4. The summed E-state index contributed by atoms with van der Waals surface area (Å²) in [5.41, 5.74) is 1.98. The SMILES string of the molecule is COC(=O)N[C@@H](C(=O)N1CCC[C@@H]1c1ncc(-c2ccccc2)[nH]1)C(C)C. The lowest BCUT2D eigenvalue weighted by Gasteiger charge is -2.30. The van der Waals surface area contributed by atoms with Crippen LogP contribution in [0.3, 0.4) is 0 Å². The van der Waals surface area contributed by atoms with Gasteiger partial charge in [0.2, 0.25) is 5.91 Å². The molecule has 1 saturated heterocycles. The second-order valence-electron chi connectivity index (χ2n) is 7.10. The van der Waals surface area contributed by atoms with Gasteiger partial charge >= 0.3 is 6.09 Å². The van der Waals surface area contributed by atoms with E-state index in [4.69, 9.17) is 0 Å². The van der Waals surface area contributed by atoms with E-state index in [0.717, 1.165) is 29.9 Å². The number of H-pyrrole nitrogens is 1. The normalized spacial score (nSPS) is 17.8. The van der Waals surface area contributed by atoms with Crippen LogP contribution in [0.2, 0.25) is 0 Å². The molecule has 2 heterocycles. The predicted octanol–water partition coefficient (Wildman–Crippen LogP) is 3.12. The average Bonchev–Trinajstić information content (AvgIpc) is 3.34. The van der Waals surface area contributed by atoms with Crippen molar-refractivity contribution in [3.05, 3.63) is 42.4 Å². The molecule has 0 radical (unpaired) electrons. The molecule has 144 valence electrons. The minimum absolute atomic E-state index is 0.0469. The predicted molar refractivity (Wildman–Crippen MR) is 102 cm³/mol. The number of carbonyl (C=O) groups excluding carboxylic acids is 2. The summed E-state index contributed by atoms with van der Waals surface area (Å²) in [6.07, 6.45) is 2.96. The van der Waals surface area contributed by atoms with Gasteiger partial charge in [0.05, 0.1) is 25.0 Å². The topological polar surface area (TPSA) is 87.3 Å². The van der Waals surface area contributed by atoms with Crippen molar-refractivity contribution >= 4 is 12.0 Å². The smallest absolute Gasteiger partial charge is 0.407 e. The zero-order valence-corrected chi connectivity index (χ0v) is 15.9. The highest BCUT2D eigenvalue weighted by Gasteiger charge is 2.37. The van der Waals surface area contributed by atoms with Gasteiger partial charge in [0.25, 0.3) is 0 Å². The maximum Gasteiger partial charge on any atom is 0.407 e. The Morgan fingerprint density at radius 2 is 2.04 bits per heavy atom. The summed E-state index contributed by atoms with van der Waals surface area (Å²) in [6.45, 7) is 4.46. The summed E-state index contributed by atoms with van der Waals surface area (Å²) in [6, 6.07) is 9.23. The van der Waals surface area contributed by atoms with Crippen LogP contribution in [-0.2, 0) is 9.53 Å². The molecule has 0 saturated carbocycles. The van der Waals surface area contributed by atoms with E-state index < -0.39 is 12.1 Å². The van der Waals surface area contributed by atoms with Gasteiger partial charge in [0.1, 0.15) is 11.9 Å². The van der Waals surface area contributed by atoms with Crippen molar-refractivity contribution in [1.82, 2.24) is 20.2 Å². The molecule has 0 unspecified atom stereocenters. The maximum atomic E-state index is 13.1. The number of amides is 2. The fraction of sp³-hybridized carbons (Fsp3) is 0.450. The van der Waals surface area contributed by atoms with Gasteiger partial charge in [-0.15, -0.1) is 0 Å². The summed E-state index contributed by atoms with van der Waals surface area (Å²) in [5.74, 6) is 0.630. The van der Waals surface area contributed by atoms with E-state index in [1.807, 2.05) is 49.1 Å². The van der Waals surface area contributed by atoms with Gasteiger partial charge in [0, 0.05) is 6.54 Å². The first kappa shape index (κ1) is 18.9. The molecule has 2 N–H and O–H groups in total. The minimum Gasteiger partial charge on any atom is -0.453 e. The van der Waals surface area contributed by atoms with Gasteiger partial charge in [0.15, 0.2) is 0 Å². The number of benzene rings is 1. The number of likely N-dealkylation sites (tertiary alicyclic amines) is 1. The van der Waals surface area contributed by atoms with Crippen LogP contribution >= 0.6 is 0 Å². The third-order valence-electron chi connectivity index (χ3n) is 4.92. The van der Waals surface area contributed by atoms with Crippen LogP contribution < -0.4 is 5.32 Å². The molecule has 27 heavy (non-hydrogen) atoms. The van der Waals surface area contributed by atoms with Crippen LogP contribution in [0.1, 0.15) is 38.6 Å². The molecule has 2 aromatic rings. The quantitative estimate of drug-likeness (QED) is 0.846.